The maximum Gasteiger partial charge on any atom is 0.206 e. The molecule has 6 heteroatoms. The number of hydrogen-bond donors (Lipinski definition) is 0. The minimum absolute atomic E-state index is 0.139. The number of benzene rings is 2. The van der Waals surface area contributed by atoms with Gasteiger partial charge in [-0.05, 0) is 55.0 Å². The third-order valence-electron chi connectivity index (χ3n) is 4.14. The highest BCUT2D eigenvalue weighted by atomic mass is 35.5. The second-order valence-electron chi connectivity index (χ2n) is 6.07. The lowest BCUT2D eigenvalue weighted by Gasteiger charge is -2.11. The molecule has 0 radical (unpaired) electrons. The Morgan fingerprint density at radius 2 is 2.07 bits per heavy atom. The Bertz CT molecular complexity index is 995. The number of ether oxygens (including phenoxy) is 2. The Balaban J connectivity index is 1.73. The number of ketones is 1. The van der Waals surface area contributed by atoms with E-state index in [4.69, 9.17) is 21.1 Å². The second-order valence-corrected chi connectivity index (χ2v) is 6.51. The largest absolute Gasteiger partial charge is 0.496 e. The van der Waals surface area contributed by atoms with Crippen molar-refractivity contribution in [3.63, 3.8) is 0 Å². The first-order chi connectivity index (χ1) is 13.6. The van der Waals surface area contributed by atoms with Gasteiger partial charge in [-0.1, -0.05) is 29.8 Å². The van der Waals surface area contributed by atoms with Gasteiger partial charge in [0.15, 0.2) is 0 Å². The van der Waals surface area contributed by atoms with Crippen LogP contribution in [0.3, 0.4) is 0 Å². The van der Waals surface area contributed by atoms with Crippen molar-refractivity contribution < 1.29 is 14.3 Å². The molecule has 0 fully saturated rings. The summed E-state index contributed by atoms with van der Waals surface area (Å²) >= 11 is 5.99. The number of carbonyl (C=O) groups excluding carboxylic acids is 1. The van der Waals surface area contributed by atoms with Gasteiger partial charge in [-0.15, -0.1) is 0 Å². The summed E-state index contributed by atoms with van der Waals surface area (Å²) < 4.78 is 12.9. The Morgan fingerprint density at radius 1 is 1.21 bits per heavy atom. The summed E-state index contributed by atoms with van der Waals surface area (Å²) in [6, 6.07) is 14.6. The van der Waals surface area contributed by atoms with Crippen molar-refractivity contribution in [2.45, 2.75) is 20.1 Å². The fourth-order valence-electron chi connectivity index (χ4n) is 2.66. The van der Waals surface area contributed by atoms with Crippen molar-refractivity contribution in [1.29, 1.82) is 0 Å². The highest BCUT2D eigenvalue weighted by Gasteiger charge is 2.08. The lowest BCUT2D eigenvalue weighted by Crippen LogP contribution is -2.00. The third kappa shape index (κ3) is 5.02. The van der Waals surface area contributed by atoms with Crippen LogP contribution < -0.4 is 9.47 Å². The lowest BCUT2D eigenvalue weighted by atomic mass is 10.1. The van der Waals surface area contributed by atoms with E-state index in [1.807, 2.05) is 37.3 Å². The zero-order valence-corrected chi connectivity index (χ0v) is 16.5. The number of halogens is 1. The number of aromatic nitrogens is 2. The maximum absolute atomic E-state index is 12.3. The Kier molecular flexibility index (Phi) is 6.50. The highest BCUT2D eigenvalue weighted by Crippen LogP contribution is 2.24. The molecule has 3 aromatic rings. The van der Waals surface area contributed by atoms with Gasteiger partial charge in [-0.25, -0.2) is 0 Å². The van der Waals surface area contributed by atoms with Crippen LogP contribution in [0.5, 0.6) is 11.5 Å². The van der Waals surface area contributed by atoms with Crippen LogP contribution in [0.25, 0.3) is 6.08 Å². The van der Waals surface area contributed by atoms with Gasteiger partial charge in [0.25, 0.3) is 0 Å². The molecular formula is C22H21ClN2O3. The molecule has 1 aromatic heterocycles. The van der Waals surface area contributed by atoms with E-state index in [-0.39, 0.29) is 5.78 Å². The molecule has 0 amide bonds. The van der Waals surface area contributed by atoms with E-state index in [2.05, 4.69) is 5.10 Å². The van der Waals surface area contributed by atoms with Crippen LogP contribution >= 0.6 is 11.6 Å². The molecule has 0 unspecified atom stereocenters. The molecule has 0 N–H and O–H groups in total. The van der Waals surface area contributed by atoms with Crippen LogP contribution in [-0.4, -0.2) is 22.7 Å². The normalized spacial score (nSPS) is 11.0. The van der Waals surface area contributed by atoms with Gasteiger partial charge in [0.2, 0.25) is 5.78 Å². The van der Waals surface area contributed by atoms with E-state index in [1.54, 1.807) is 42.3 Å². The summed E-state index contributed by atoms with van der Waals surface area (Å²) in [5.74, 6) is 1.25. The maximum atomic E-state index is 12.3. The van der Waals surface area contributed by atoms with E-state index in [0.29, 0.717) is 28.8 Å². The van der Waals surface area contributed by atoms with Gasteiger partial charge < -0.3 is 9.47 Å². The number of carbonyl (C=O) groups is 1. The van der Waals surface area contributed by atoms with Gasteiger partial charge in [0, 0.05) is 23.3 Å². The van der Waals surface area contributed by atoms with Gasteiger partial charge in [-0.2, -0.15) is 5.10 Å². The zero-order valence-electron chi connectivity index (χ0n) is 15.8. The summed E-state index contributed by atoms with van der Waals surface area (Å²) in [4.78, 5) is 12.3. The summed E-state index contributed by atoms with van der Waals surface area (Å²) in [5.41, 5.74) is 2.16. The summed E-state index contributed by atoms with van der Waals surface area (Å²) in [6.07, 6.45) is 5.07. The number of nitrogens with zero attached hydrogens (tertiary/aromatic N) is 2. The standard InChI is InChI=1S/C22H21ClN2O3/c1-3-25-12-11-20(24-25)21(26)9-7-16-8-10-22(27-2)17(13-16)15-28-19-6-4-5-18(23)14-19/h4-14H,3,15H2,1-2H3/b9-7+. The zero-order chi connectivity index (χ0) is 19.9. The van der Waals surface area contributed by atoms with Crippen LogP contribution in [-0.2, 0) is 13.2 Å². The molecule has 0 bridgehead atoms. The topological polar surface area (TPSA) is 53.4 Å². The molecule has 28 heavy (non-hydrogen) atoms. The fourth-order valence-corrected chi connectivity index (χ4v) is 2.84. The van der Waals surface area contributed by atoms with Gasteiger partial charge >= 0.3 is 0 Å². The van der Waals surface area contributed by atoms with Crippen LogP contribution in [0, 0.1) is 0 Å². The van der Waals surface area contributed by atoms with Gasteiger partial charge in [-0.3, -0.25) is 9.48 Å². The van der Waals surface area contributed by atoms with Gasteiger partial charge in [0.1, 0.15) is 23.8 Å². The molecule has 144 valence electrons. The number of hydrogen-bond acceptors (Lipinski definition) is 4. The SMILES string of the molecule is CCn1ccc(C(=O)/C=C/c2ccc(OC)c(COc3cccc(Cl)c3)c2)n1. The monoisotopic (exact) mass is 396 g/mol. The molecule has 0 atom stereocenters. The summed E-state index contributed by atoms with van der Waals surface area (Å²) in [6.45, 7) is 3.02. The van der Waals surface area contributed by atoms with Crippen LogP contribution in [0.15, 0.2) is 60.8 Å². The molecule has 0 spiro atoms. The summed E-state index contributed by atoms with van der Waals surface area (Å²) in [7, 11) is 1.61. The smallest absolute Gasteiger partial charge is 0.206 e. The number of aryl methyl sites for hydroxylation is 1. The second kappa shape index (κ2) is 9.24. The van der Waals surface area contributed by atoms with Crippen molar-refractivity contribution in [3.05, 3.63) is 82.6 Å². The first-order valence-electron chi connectivity index (χ1n) is 8.90. The van der Waals surface area contributed by atoms with E-state index >= 15 is 0 Å². The van der Waals surface area contributed by atoms with Gasteiger partial charge in [0.05, 0.1) is 7.11 Å². The predicted octanol–water partition coefficient (Wildman–Crippen LogP) is 5.04. The van der Waals surface area contributed by atoms with E-state index in [1.165, 1.54) is 6.08 Å². The molecular weight excluding hydrogens is 376 g/mol. The fraction of sp³-hybridized carbons (Fsp3) is 0.182. The van der Waals surface area contributed by atoms with Crippen molar-refractivity contribution >= 4 is 23.5 Å². The summed E-state index contributed by atoms with van der Waals surface area (Å²) in [5, 5.41) is 4.84. The highest BCUT2D eigenvalue weighted by molar-refractivity contribution is 6.30. The molecule has 0 aliphatic carbocycles. The number of rotatable bonds is 8. The molecule has 2 aromatic carbocycles. The molecule has 3 rings (SSSR count). The number of methoxy groups -OCH3 is 1. The van der Waals surface area contributed by atoms with Crippen molar-refractivity contribution in [1.82, 2.24) is 9.78 Å². The van der Waals surface area contributed by atoms with E-state index < -0.39 is 0 Å². The minimum atomic E-state index is -0.139. The Labute approximate surface area is 169 Å². The van der Waals surface area contributed by atoms with Crippen LogP contribution in [0.1, 0.15) is 28.5 Å². The van der Waals surface area contributed by atoms with E-state index in [0.717, 1.165) is 17.7 Å². The average Bonchev–Trinajstić information content (AvgIpc) is 3.20. The van der Waals surface area contributed by atoms with E-state index in [9.17, 15) is 4.79 Å². The molecule has 0 saturated carbocycles. The van der Waals surface area contributed by atoms with Crippen molar-refractivity contribution in [2.75, 3.05) is 7.11 Å². The molecule has 0 saturated heterocycles. The third-order valence-corrected chi connectivity index (χ3v) is 4.37. The van der Waals surface area contributed by atoms with Crippen LogP contribution in [0.2, 0.25) is 5.02 Å². The number of allylic oxidation sites excluding steroid dienone is 1. The Hall–Kier alpha value is -3.05. The van der Waals surface area contributed by atoms with Crippen molar-refractivity contribution in [3.8, 4) is 11.5 Å². The Morgan fingerprint density at radius 3 is 2.79 bits per heavy atom. The lowest BCUT2D eigenvalue weighted by molar-refractivity contribution is 0.104. The molecule has 1 heterocycles. The predicted molar refractivity (Wildman–Crippen MR) is 110 cm³/mol. The molecule has 0 aliphatic rings. The average molecular weight is 397 g/mol. The quantitative estimate of drug-likeness (QED) is 0.395. The van der Waals surface area contributed by atoms with Crippen LogP contribution in [0.4, 0.5) is 0 Å². The van der Waals surface area contributed by atoms with Crippen molar-refractivity contribution in [2.24, 2.45) is 0 Å². The molecule has 0 aliphatic heterocycles. The first kappa shape index (κ1) is 19.7. The molecule has 5 nitrogen and oxygen atoms in total. The first-order valence-corrected chi connectivity index (χ1v) is 9.28. The minimum Gasteiger partial charge on any atom is -0.496 e.